The van der Waals surface area contributed by atoms with E-state index in [1.54, 1.807) is 0 Å². The van der Waals surface area contributed by atoms with Gasteiger partial charge in [-0.3, -0.25) is 4.79 Å². The largest absolute Gasteiger partial charge is 0.326 e. The minimum absolute atomic E-state index is 0.154. The minimum Gasteiger partial charge on any atom is -0.326 e. The number of alkyl halides is 1. The number of nitrogens with one attached hydrogen (secondary N) is 1. The molecule has 1 unspecified atom stereocenters. The lowest BCUT2D eigenvalue weighted by Gasteiger charge is -2.16. The highest BCUT2D eigenvalue weighted by Gasteiger charge is 2.17. The van der Waals surface area contributed by atoms with Crippen LogP contribution >= 0.6 is 15.9 Å². The number of hydrogen-bond donors (Lipinski definition) is 1. The summed E-state index contributed by atoms with van der Waals surface area (Å²) in [6.07, 6.45) is 9.19. The lowest BCUT2D eigenvalue weighted by atomic mass is 9.94. The monoisotopic (exact) mass is 353 g/mol. The van der Waals surface area contributed by atoms with Gasteiger partial charge in [0, 0.05) is 16.9 Å². The van der Waals surface area contributed by atoms with Crippen molar-refractivity contribution in [1.82, 2.24) is 0 Å². The van der Waals surface area contributed by atoms with E-state index in [0.717, 1.165) is 43.1 Å². The molecule has 0 aliphatic heterocycles. The fourth-order valence-electron chi connectivity index (χ4n) is 2.48. The molecule has 1 N–H and O–H groups in total. The van der Waals surface area contributed by atoms with Gasteiger partial charge in [-0.15, -0.1) is 0 Å². The van der Waals surface area contributed by atoms with Crippen molar-refractivity contribution in [3.8, 4) is 0 Å². The molecule has 0 saturated carbocycles. The van der Waals surface area contributed by atoms with Crippen LogP contribution in [-0.4, -0.2) is 11.2 Å². The zero-order valence-electron chi connectivity index (χ0n) is 13.1. The molecule has 3 heteroatoms. The van der Waals surface area contributed by atoms with Crippen molar-refractivity contribution in [2.24, 2.45) is 5.92 Å². The molecule has 0 fully saturated rings. The van der Waals surface area contributed by atoms with Crippen LogP contribution < -0.4 is 5.32 Å². The third-order valence-corrected chi connectivity index (χ3v) is 4.32. The highest BCUT2D eigenvalue weighted by atomic mass is 79.9. The summed E-state index contributed by atoms with van der Waals surface area (Å²) in [6, 6.07) is 9.77. The van der Waals surface area contributed by atoms with Crippen LogP contribution in [0.4, 0.5) is 5.69 Å². The molecule has 0 spiro atoms. The number of rotatable bonds is 11. The normalized spacial score (nSPS) is 12.1. The lowest BCUT2D eigenvalue weighted by molar-refractivity contribution is -0.120. The molecule has 0 aliphatic rings. The molecule has 0 radical (unpaired) electrons. The van der Waals surface area contributed by atoms with Gasteiger partial charge in [0.15, 0.2) is 0 Å². The first-order valence-electron chi connectivity index (χ1n) is 8.19. The zero-order valence-corrected chi connectivity index (χ0v) is 14.7. The predicted molar refractivity (Wildman–Crippen MR) is 95.0 cm³/mol. The summed E-state index contributed by atoms with van der Waals surface area (Å²) < 4.78 is 0. The van der Waals surface area contributed by atoms with E-state index in [9.17, 15) is 4.79 Å². The van der Waals surface area contributed by atoms with E-state index >= 15 is 0 Å². The Kier molecular flexibility index (Phi) is 10.2. The van der Waals surface area contributed by atoms with Gasteiger partial charge in [-0.2, -0.15) is 0 Å². The van der Waals surface area contributed by atoms with Crippen LogP contribution in [0.5, 0.6) is 0 Å². The summed E-state index contributed by atoms with van der Waals surface area (Å²) in [4.78, 5) is 12.4. The van der Waals surface area contributed by atoms with Crippen molar-refractivity contribution in [1.29, 1.82) is 0 Å². The summed E-state index contributed by atoms with van der Waals surface area (Å²) in [5, 5.41) is 4.08. The molecule has 1 aromatic rings. The second-order valence-corrected chi connectivity index (χ2v) is 6.38. The first-order chi connectivity index (χ1) is 10.3. The molecule has 2 nitrogen and oxygen atoms in total. The molecule has 0 aliphatic carbocycles. The van der Waals surface area contributed by atoms with Gasteiger partial charge in [0.25, 0.3) is 0 Å². The fraction of sp³-hybridized carbons (Fsp3) is 0.611. The molecule has 0 heterocycles. The van der Waals surface area contributed by atoms with Crippen molar-refractivity contribution in [3.05, 3.63) is 30.3 Å². The molecule has 0 aromatic heterocycles. The smallest absolute Gasteiger partial charge is 0.227 e. The van der Waals surface area contributed by atoms with E-state index in [2.05, 4.69) is 28.2 Å². The Hall–Kier alpha value is -0.830. The molecule has 0 saturated heterocycles. The summed E-state index contributed by atoms with van der Waals surface area (Å²) in [5.41, 5.74) is 0.904. The zero-order chi connectivity index (χ0) is 15.3. The van der Waals surface area contributed by atoms with Gasteiger partial charge >= 0.3 is 0 Å². The van der Waals surface area contributed by atoms with Gasteiger partial charge in [0.1, 0.15) is 0 Å². The average Bonchev–Trinajstić information content (AvgIpc) is 2.50. The van der Waals surface area contributed by atoms with Crippen LogP contribution in [0.1, 0.15) is 58.3 Å². The number of amides is 1. The third kappa shape index (κ3) is 8.25. The molecular weight excluding hydrogens is 326 g/mol. The second kappa shape index (κ2) is 11.8. The predicted octanol–water partition coefficient (Wildman–Crippen LogP) is 5.78. The molecule has 1 rings (SSSR count). The average molecular weight is 354 g/mol. The Morgan fingerprint density at radius 2 is 1.71 bits per heavy atom. The Morgan fingerprint density at radius 3 is 2.33 bits per heavy atom. The Morgan fingerprint density at radius 1 is 1.05 bits per heavy atom. The van der Waals surface area contributed by atoms with Crippen LogP contribution in [0.15, 0.2) is 30.3 Å². The SMILES string of the molecule is CCCCCCC(CCCCBr)C(=O)Nc1ccccc1. The van der Waals surface area contributed by atoms with E-state index < -0.39 is 0 Å². The quantitative estimate of drug-likeness (QED) is 0.396. The number of hydrogen-bond acceptors (Lipinski definition) is 1. The van der Waals surface area contributed by atoms with Crippen LogP contribution in [0.2, 0.25) is 0 Å². The molecule has 0 bridgehead atoms. The molecule has 118 valence electrons. The van der Waals surface area contributed by atoms with Crippen molar-refractivity contribution < 1.29 is 4.79 Å². The molecule has 21 heavy (non-hydrogen) atoms. The van der Waals surface area contributed by atoms with E-state index in [1.165, 1.54) is 19.3 Å². The molecular formula is C18H28BrNO. The number of unbranched alkanes of at least 4 members (excludes halogenated alkanes) is 4. The molecule has 1 atom stereocenters. The Labute approximate surface area is 137 Å². The highest BCUT2D eigenvalue weighted by Crippen LogP contribution is 2.20. The van der Waals surface area contributed by atoms with Gasteiger partial charge in [-0.1, -0.05) is 73.2 Å². The van der Waals surface area contributed by atoms with E-state index in [0.29, 0.717) is 0 Å². The second-order valence-electron chi connectivity index (χ2n) is 5.59. The summed E-state index contributed by atoms with van der Waals surface area (Å²) in [5.74, 6) is 0.341. The number of halogens is 1. The van der Waals surface area contributed by atoms with Crippen LogP contribution in [0.3, 0.4) is 0 Å². The first-order valence-corrected chi connectivity index (χ1v) is 9.32. The maximum Gasteiger partial charge on any atom is 0.227 e. The number of carbonyl (C=O) groups is 1. The van der Waals surface area contributed by atoms with Gasteiger partial charge in [0.2, 0.25) is 5.91 Å². The number of para-hydroxylation sites is 1. The van der Waals surface area contributed by atoms with E-state index in [4.69, 9.17) is 0 Å². The van der Waals surface area contributed by atoms with Gasteiger partial charge in [0.05, 0.1) is 0 Å². The van der Waals surface area contributed by atoms with E-state index in [1.807, 2.05) is 30.3 Å². The summed E-state index contributed by atoms with van der Waals surface area (Å²) in [6.45, 7) is 2.22. The summed E-state index contributed by atoms with van der Waals surface area (Å²) >= 11 is 3.46. The van der Waals surface area contributed by atoms with Crippen LogP contribution in [0.25, 0.3) is 0 Å². The topological polar surface area (TPSA) is 29.1 Å². The van der Waals surface area contributed by atoms with E-state index in [-0.39, 0.29) is 11.8 Å². The van der Waals surface area contributed by atoms with Crippen molar-refractivity contribution >= 4 is 27.5 Å². The van der Waals surface area contributed by atoms with Crippen LogP contribution in [0, 0.1) is 5.92 Å². The minimum atomic E-state index is 0.154. The van der Waals surface area contributed by atoms with Gasteiger partial charge in [-0.25, -0.2) is 0 Å². The van der Waals surface area contributed by atoms with Crippen molar-refractivity contribution in [2.75, 3.05) is 10.6 Å². The standard InChI is InChI=1S/C18H28BrNO/c1-2-3-4-6-11-16(12-9-10-15-19)18(21)20-17-13-7-5-8-14-17/h5,7-8,13-14,16H,2-4,6,9-12,15H2,1H3,(H,20,21). The molecule has 1 aromatic carbocycles. The Balaban J connectivity index is 2.46. The maximum atomic E-state index is 12.4. The van der Waals surface area contributed by atoms with Crippen molar-refractivity contribution in [3.63, 3.8) is 0 Å². The number of benzene rings is 1. The number of carbonyl (C=O) groups excluding carboxylic acids is 1. The maximum absolute atomic E-state index is 12.4. The van der Waals surface area contributed by atoms with Crippen LogP contribution in [-0.2, 0) is 4.79 Å². The van der Waals surface area contributed by atoms with Crippen molar-refractivity contribution in [2.45, 2.75) is 58.3 Å². The fourth-order valence-corrected chi connectivity index (χ4v) is 2.87. The Bertz CT molecular complexity index is 380. The molecule has 1 amide bonds. The third-order valence-electron chi connectivity index (χ3n) is 3.75. The first kappa shape index (κ1) is 18.2. The number of anilines is 1. The summed E-state index contributed by atoms with van der Waals surface area (Å²) in [7, 11) is 0. The highest BCUT2D eigenvalue weighted by molar-refractivity contribution is 9.09. The van der Waals surface area contributed by atoms with Gasteiger partial charge < -0.3 is 5.32 Å². The lowest BCUT2D eigenvalue weighted by Crippen LogP contribution is -2.23. The van der Waals surface area contributed by atoms with Gasteiger partial charge in [-0.05, 0) is 31.4 Å².